The normalized spacial score (nSPS) is 10.7. The molecule has 0 aliphatic heterocycles. The minimum Gasteiger partial charge on any atom is -0.493 e. The summed E-state index contributed by atoms with van der Waals surface area (Å²) < 4.78 is 10.6. The Balaban J connectivity index is 0.00000400. The Bertz CT molecular complexity index is 466. The Labute approximate surface area is 131 Å². The van der Waals surface area contributed by atoms with Crippen molar-refractivity contribution in [2.45, 2.75) is 25.9 Å². The highest BCUT2D eigenvalue weighted by molar-refractivity contribution is 5.85. The lowest BCUT2D eigenvalue weighted by atomic mass is 10.1. The highest BCUT2D eigenvalue weighted by atomic mass is 35.5. The Hall–Kier alpha value is -1.50. The molecule has 1 aromatic carbocycles. The number of hydrogen-bond acceptors (Lipinski definition) is 5. The maximum Gasteiger partial charge on any atom is 0.255 e. The summed E-state index contributed by atoms with van der Waals surface area (Å²) in [6, 6.07) is 5.44. The second-order valence-corrected chi connectivity index (χ2v) is 5.10. The van der Waals surface area contributed by atoms with Gasteiger partial charge >= 0.3 is 0 Å². The van der Waals surface area contributed by atoms with Gasteiger partial charge in [-0.15, -0.1) is 12.4 Å². The molecule has 1 aromatic rings. The molecule has 0 radical (unpaired) electrons. The minimum atomic E-state index is -0.550. The van der Waals surface area contributed by atoms with Gasteiger partial charge in [0, 0.05) is 17.6 Å². The first-order valence-corrected chi connectivity index (χ1v) is 6.32. The molecular formula is C14H23ClN2O4. The fraction of sp³-hybridized carbons (Fsp3) is 0.500. The summed E-state index contributed by atoms with van der Waals surface area (Å²) in [5, 5.41) is 12.4. The highest BCUT2D eigenvalue weighted by Gasteiger charge is 2.18. The van der Waals surface area contributed by atoms with Crippen LogP contribution in [0.4, 0.5) is 0 Å². The number of hydrogen-bond donors (Lipinski definition) is 3. The molecule has 1 amide bonds. The number of carbonyl (C=O) groups is 1. The number of rotatable bonds is 8. The molecule has 0 spiro atoms. The van der Waals surface area contributed by atoms with Crippen molar-refractivity contribution in [3.8, 4) is 11.5 Å². The van der Waals surface area contributed by atoms with E-state index < -0.39 is 11.4 Å². The van der Waals surface area contributed by atoms with Crippen molar-refractivity contribution < 1.29 is 19.4 Å². The van der Waals surface area contributed by atoms with Gasteiger partial charge in [-0.25, -0.2) is 0 Å². The van der Waals surface area contributed by atoms with E-state index in [2.05, 4.69) is 5.32 Å². The summed E-state index contributed by atoms with van der Waals surface area (Å²) in [6.45, 7) is 4.04. The van der Waals surface area contributed by atoms with Crippen LogP contribution in [0.1, 0.15) is 19.4 Å². The van der Waals surface area contributed by atoms with Crippen LogP contribution < -0.4 is 20.5 Å². The predicted molar refractivity (Wildman–Crippen MR) is 82.9 cm³/mol. The number of methoxy groups -OCH3 is 1. The van der Waals surface area contributed by atoms with E-state index in [1.54, 1.807) is 6.07 Å². The van der Waals surface area contributed by atoms with Gasteiger partial charge in [0.25, 0.3) is 5.91 Å². The van der Waals surface area contributed by atoms with Crippen LogP contribution in [0.2, 0.25) is 0 Å². The summed E-state index contributed by atoms with van der Waals surface area (Å²) in [5.74, 6) is 0.466. The zero-order valence-corrected chi connectivity index (χ0v) is 13.3. The second-order valence-electron chi connectivity index (χ2n) is 5.10. The average molecular weight is 319 g/mol. The molecule has 0 fully saturated rings. The van der Waals surface area contributed by atoms with Gasteiger partial charge in [-0.1, -0.05) is 12.1 Å². The van der Waals surface area contributed by atoms with Crippen LogP contribution in [0.25, 0.3) is 0 Å². The van der Waals surface area contributed by atoms with Gasteiger partial charge in [0.1, 0.15) is 0 Å². The minimum absolute atomic E-state index is 0. The maximum atomic E-state index is 10.9. The highest BCUT2D eigenvalue weighted by Crippen LogP contribution is 2.31. The Kier molecular flexibility index (Phi) is 8.09. The number of benzene rings is 1. The molecule has 1 rings (SSSR count). The quantitative estimate of drug-likeness (QED) is 0.660. The molecule has 0 bridgehead atoms. The van der Waals surface area contributed by atoms with Gasteiger partial charge in [-0.3, -0.25) is 4.79 Å². The summed E-state index contributed by atoms with van der Waals surface area (Å²) in [7, 11) is 1.53. The number of primary amides is 1. The molecule has 0 unspecified atom stereocenters. The van der Waals surface area contributed by atoms with E-state index in [1.165, 1.54) is 7.11 Å². The van der Waals surface area contributed by atoms with Crippen LogP contribution in [-0.4, -0.2) is 36.9 Å². The lowest BCUT2D eigenvalue weighted by Crippen LogP contribution is -2.42. The molecule has 0 aromatic heterocycles. The topological polar surface area (TPSA) is 93.8 Å². The van der Waals surface area contributed by atoms with Crippen molar-refractivity contribution in [1.82, 2.24) is 5.32 Å². The first kappa shape index (κ1) is 19.5. The molecule has 0 saturated carbocycles. The molecule has 6 nitrogen and oxygen atoms in total. The SMILES string of the molecule is COc1cccc(CNC(C)(C)CO)c1OCC(N)=O.Cl. The molecule has 0 aliphatic carbocycles. The number of aliphatic hydroxyl groups is 1. The van der Waals surface area contributed by atoms with Crippen molar-refractivity contribution in [3.05, 3.63) is 23.8 Å². The smallest absolute Gasteiger partial charge is 0.255 e. The molecule has 4 N–H and O–H groups in total. The van der Waals surface area contributed by atoms with Crippen LogP contribution in [0.3, 0.4) is 0 Å². The summed E-state index contributed by atoms with van der Waals surface area (Å²) in [5.41, 5.74) is 5.51. The third-order valence-corrected chi connectivity index (χ3v) is 2.79. The zero-order valence-electron chi connectivity index (χ0n) is 12.5. The fourth-order valence-electron chi connectivity index (χ4n) is 1.56. The Morgan fingerprint density at radius 1 is 1.43 bits per heavy atom. The van der Waals surface area contributed by atoms with Crippen molar-refractivity contribution in [2.24, 2.45) is 5.73 Å². The Morgan fingerprint density at radius 2 is 2.10 bits per heavy atom. The number of halogens is 1. The zero-order chi connectivity index (χ0) is 15.2. The molecule has 7 heteroatoms. The molecule has 0 atom stereocenters. The second kappa shape index (κ2) is 8.71. The van der Waals surface area contributed by atoms with Gasteiger partial charge in [0.2, 0.25) is 0 Å². The van der Waals surface area contributed by atoms with Gasteiger partial charge in [-0.05, 0) is 19.9 Å². The third kappa shape index (κ3) is 6.20. The van der Waals surface area contributed by atoms with E-state index in [-0.39, 0.29) is 25.6 Å². The van der Waals surface area contributed by atoms with Gasteiger partial charge in [0.15, 0.2) is 18.1 Å². The first-order valence-electron chi connectivity index (χ1n) is 6.32. The number of nitrogens with one attached hydrogen (secondary N) is 1. The van der Waals surface area contributed by atoms with Crippen LogP contribution in [-0.2, 0) is 11.3 Å². The standard InChI is InChI=1S/C14H22N2O4.ClH/c1-14(2,9-17)16-7-10-5-4-6-11(19-3)13(10)20-8-12(15)18;/h4-6,16-17H,7-9H2,1-3H3,(H2,15,18);1H. The van der Waals surface area contributed by atoms with Crippen LogP contribution in [0, 0.1) is 0 Å². The molecule has 0 heterocycles. The average Bonchev–Trinajstić information content (AvgIpc) is 2.42. The Morgan fingerprint density at radius 3 is 2.62 bits per heavy atom. The molecule has 21 heavy (non-hydrogen) atoms. The van der Waals surface area contributed by atoms with Gasteiger partial charge < -0.3 is 25.6 Å². The number of para-hydroxylation sites is 1. The van der Waals surface area contributed by atoms with E-state index in [4.69, 9.17) is 15.2 Å². The number of aliphatic hydroxyl groups excluding tert-OH is 1. The van der Waals surface area contributed by atoms with Crippen molar-refractivity contribution in [2.75, 3.05) is 20.3 Å². The summed E-state index contributed by atoms with van der Waals surface area (Å²) in [4.78, 5) is 10.9. The number of ether oxygens (including phenoxy) is 2. The fourth-order valence-corrected chi connectivity index (χ4v) is 1.56. The summed E-state index contributed by atoms with van der Waals surface area (Å²) >= 11 is 0. The van der Waals surface area contributed by atoms with E-state index in [0.29, 0.717) is 18.0 Å². The largest absolute Gasteiger partial charge is 0.493 e. The van der Waals surface area contributed by atoms with E-state index in [1.807, 2.05) is 26.0 Å². The van der Waals surface area contributed by atoms with Crippen molar-refractivity contribution in [1.29, 1.82) is 0 Å². The van der Waals surface area contributed by atoms with Crippen LogP contribution in [0.15, 0.2) is 18.2 Å². The van der Waals surface area contributed by atoms with Crippen molar-refractivity contribution in [3.63, 3.8) is 0 Å². The first-order chi connectivity index (χ1) is 9.39. The maximum absolute atomic E-state index is 10.9. The van der Waals surface area contributed by atoms with E-state index in [9.17, 15) is 9.90 Å². The molecule has 0 saturated heterocycles. The van der Waals surface area contributed by atoms with Gasteiger partial charge in [0.05, 0.1) is 13.7 Å². The molecule has 120 valence electrons. The number of amides is 1. The third-order valence-electron chi connectivity index (χ3n) is 2.79. The van der Waals surface area contributed by atoms with Crippen LogP contribution in [0.5, 0.6) is 11.5 Å². The van der Waals surface area contributed by atoms with Gasteiger partial charge in [-0.2, -0.15) is 0 Å². The lowest BCUT2D eigenvalue weighted by Gasteiger charge is -2.24. The monoisotopic (exact) mass is 318 g/mol. The number of carbonyl (C=O) groups excluding carboxylic acids is 1. The number of nitrogens with two attached hydrogens (primary N) is 1. The lowest BCUT2D eigenvalue weighted by molar-refractivity contribution is -0.119. The van der Waals surface area contributed by atoms with Crippen LogP contribution >= 0.6 is 12.4 Å². The molecular weight excluding hydrogens is 296 g/mol. The predicted octanol–water partition coefficient (Wildman–Crippen LogP) is 0.842. The summed E-state index contributed by atoms with van der Waals surface area (Å²) in [6.07, 6.45) is 0. The molecule has 0 aliphatic rings. The van der Waals surface area contributed by atoms with Crippen molar-refractivity contribution >= 4 is 18.3 Å². The van der Waals surface area contributed by atoms with E-state index in [0.717, 1.165) is 5.56 Å². The van der Waals surface area contributed by atoms with E-state index >= 15 is 0 Å².